The van der Waals surface area contributed by atoms with Crippen LogP contribution in [0, 0.1) is 13.8 Å². The highest BCUT2D eigenvalue weighted by Crippen LogP contribution is 2.31. The molecule has 0 atom stereocenters. The number of rotatable bonds is 3. The fourth-order valence-electron chi connectivity index (χ4n) is 2.76. The molecule has 0 aliphatic rings. The van der Waals surface area contributed by atoms with Gasteiger partial charge in [-0.05, 0) is 62.0 Å². The van der Waals surface area contributed by atoms with Crippen LogP contribution in [0.1, 0.15) is 21.7 Å². The van der Waals surface area contributed by atoms with Gasteiger partial charge in [-0.3, -0.25) is 10.1 Å². The first-order valence-corrected chi connectivity index (χ1v) is 10.2. The summed E-state index contributed by atoms with van der Waals surface area (Å²) in [4.78, 5) is 13.1. The highest BCUT2D eigenvalue weighted by atomic mass is 35.5. The largest absolute Gasteiger partial charge is 0.332 e. The molecule has 10 heteroatoms. The van der Waals surface area contributed by atoms with Gasteiger partial charge in [0.15, 0.2) is 10.9 Å². The molecule has 1 amide bonds. The van der Waals surface area contributed by atoms with Crippen molar-refractivity contribution in [3.63, 3.8) is 0 Å². The molecule has 0 radical (unpaired) electrons. The van der Waals surface area contributed by atoms with Crippen LogP contribution >= 0.6 is 35.2 Å². The quantitative estimate of drug-likeness (QED) is 0.461. The van der Waals surface area contributed by atoms with Gasteiger partial charge in [0.05, 0.1) is 0 Å². The maximum atomic E-state index is 12.3. The Kier molecular flexibility index (Phi) is 5.27. The maximum absolute atomic E-state index is 12.3. The molecule has 0 spiro atoms. The van der Waals surface area contributed by atoms with Crippen LogP contribution in [0.15, 0.2) is 42.5 Å². The predicted octanol–water partition coefficient (Wildman–Crippen LogP) is 4.25. The van der Waals surface area contributed by atoms with E-state index in [0.29, 0.717) is 10.6 Å². The summed E-state index contributed by atoms with van der Waals surface area (Å²) in [5.41, 5.74) is 3.17. The van der Waals surface area contributed by atoms with Crippen LogP contribution in [0.5, 0.6) is 0 Å². The summed E-state index contributed by atoms with van der Waals surface area (Å²) in [6, 6.07) is 12.4. The standard InChI is InChI=1S/C19H15ClN6OS2/c1-10-14(17-25-26-11(2)23-24-19(26)29-17)4-3-5-15(10)21-18(28)22-16(27)12-6-8-13(20)9-7-12/h3-9H,1-2H3,(H2,21,22,27,28). The average Bonchev–Trinajstić information content (AvgIpc) is 3.26. The third-order valence-corrected chi connectivity index (χ3v) is 5.68. The first-order valence-electron chi connectivity index (χ1n) is 8.59. The van der Waals surface area contributed by atoms with Crippen molar-refractivity contribution in [2.24, 2.45) is 0 Å². The number of halogens is 1. The predicted molar refractivity (Wildman–Crippen MR) is 119 cm³/mol. The van der Waals surface area contributed by atoms with Crippen LogP contribution in [-0.2, 0) is 0 Å². The summed E-state index contributed by atoms with van der Waals surface area (Å²) in [6.07, 6.45) is 0. The number of carbonyl (C=O) groups excluding carboxylic acids is 1. The van der Waals surface area contributed by atoms with Gasteiger partial charge in [0.2, 0.25) is 4.96 Å². The second-order valence-corrected chi connectivity index (χ2v) is 8.04. The number of hydrogen-bond donors (Lipinski definition) is 2. The highest BCUT2D eigenvalue weighted by Gasteiger charge is 2.15. The van der Waals surface area contributed by atoms with Gasteiger partial charge in [0.25, 0.3) is 5.91 Å². The van der Waals surface area contributed by atoms with Crippen molar-refractivity contribution in [2.75, 3.05) is 5.32 Å². The number of nitrogens with one attached hydrogen (secondary N) is 2. The third kappa shape index (κ3) is 3.98. The molecule has 7 nitrogen and oxygen atoms in total. The molecule has 4 rings (SSSR count). The lowest BCUT2D eigenvalue weighted by atomic mass is 10.1. The average molecular weight is 443 g/mol. The topological polar surface area (TPSA) is 84.2 Å². The Bertz CT molecular complexity index is 1230. The summed E-state index contributed by atoms with van der Waals surface area (Å²) in [5.74, 6) is 0.428. The second kappa shape index (κ2) is 7.86. The normalized spacial score (nSPS) is 10.9. The van der Waals surface area contributed by atoms with E-state index in [1.807, 2.05) is 32.0 Å². The highest BCUT2D eigenvalue weighted by molar-refractivity contribution is 7.80. The van der Waals surface area contributed by atoms with Crippen LogP contribution in [0.25, 0.3) is 15.5 Å². The molecule has 2 aromatic heterocycles. The summed E-state index contributed by atoms with van der Waals surface area (Å²) < 4.78 is 1.72. The van der Waals surface area contributed by atoms with E-state index >= 15 is 0 Å². The number of hydrogen-bond acceptors (Lipinski definition) is 6. The van der Waals surface area contributed by atoms with Gasteiger partial charge < -0.3 is 5.32 Å². The van der Waals surface area contributed by atoms with Crippen LogP contribution < -0.4 is 10.6 Å². The van der Waals surface area contributed by atoms with E-state index in [0.717, 1.165) is 32.6 Å². The van der Waals surface area contributed by atoms with Gasteiger partial charge in [0, 0.05) is 21.8 Å². The van der Waals surface area contributed by atoms with Crippen molar-refractivity contribution in [1.29, 1.82) is 0 Å². The summed E-state index contributed by atoms with van der Waals surface area (Å²) in [6.45, 7) is 3.83. The van der Waals surface area contributed by atoms with Crippen molar-refractivity contribution >= 4 is 56.8 Å². The molecule has 0 bridgehead atoms. The summed E-state index contributed by atoms with van der Waals surface area (Å²) in [5, 5.41) is 20.1. The molecule has 2 N–H and O–H groups in total. The molecule has 146 valence electrons. The number of carbonyl (C=O) groups is 1. The van der Waals surface area contributed by atoms with E-state index in [1.54, 1.807) is 28.8 Å². The fourth-order valence-corrected chi connectivity index (χ4v) is 4.05. The second-order valence-electron chi connectivity index (χ2n) is 6.24. The third-order valence-electron chi connectivity index (χ3n) is 4.29. The fraction of sp³-hybridized carbons (Fsp3) is 0.105. The molecule has 0 saturated heterocycles. The van der Waals surface area contributed by atoms with E-state index < -0.39 is 0 Å². The Labute approximate surface area is 180 Å². The SMILES string of the molecule is Cc1c(NC(=S)NC(=O)c2ccc(Cl)cc2)cccc1-c1nn2c(C)nnc2s1. The first-order chi connectivity index (χ1) is 13.9. The Morgan fingerprint density at radius 3 is 2.62 bits per heavy atom. The number of anilines is 1. The number of nitrogens with zero attached hydrogens (tertiary/aromatic N) is 4. The van der Waals surface area contributed by atoms with Gasteiger partial charge in [-0.25, -0.2) is 0 Å². The monoisotopic (exact) mass is 442 g/mol. The van der Waals surface area contributed by atoms with Crippen LogP contribution in [-0.4, -0.2) is 30.8 Å². The lowest BCUT2D eigenvalue weighted by Gasteiger charge is -2.13. The Morgan fingerprint density at radius 1 is 1.14 bits per heavy atom. The number of fused-ring (bicyclic) bond motifs is 1. The molecule has 29 heavy (non-hydrogen) atoms. The van der Waals surface area contributed by atoms with Crippen LogP contribution in [0.2, 0.25) is 5.02 Å². The number of thiocarbonyl (C=S) groups is 1. The van der Waals surface area contributed by atoms with E-state index in [2.05, 4.69) is 25.9 Å². The Morgan fingerprint density at radius 2 is 1.90 bits per heavy atom. The molecule has 2 aromatic carbocycles. The van der Waals surface area contributed by atoms with Gasteiger partial charge in [0.1, 0.15) is 5.01 Å². The molecular weight excluding hydrogens is 428 g/mol. The van der Waals surface area contributed by atoms with Gasteiger partial charge in [-0.2, -0.15) is 9.61 Å². The van der Waals surface area contributed by atoms with Gasteiger partial charge in [-0.1, -0.05) is 35.1 Å². The lowest BCUT2D eigenvalue weighted by Crippen LogP contribution is -2.34. The van der Waals surface area contributed by atoms with Gasteiger partial charge in [-0.15, -0.1) is 10.2 Å². The summed E-state index contributed by atoms with van der Waals surface area (Å²) in [7, 11) is 0. The molecule has 4 aromatic rings. The van der Waals surface area contributed by atoms with Gasteiger partial charge >= 0.3 is 0 Å². The number of benzene rings is 2. The van der Waals surface area contributed by atoms with E-state index in [1.165, 1.54) is 11.3 Å². The summed E-state index contributed by atoms with van der Waals surface area (Å²) >= 11 is 12.6. The lowest BCUT2D eigenvalue weighted by molar-refractivity contribution is 0.0977. The number of amides is 1. The molecule has 0 unspecified atom stereocenters. The van der Waals surface area contributed by atoms with E-state index in [-0.39, 0.29) is 11.0 Å². The Hall–Kier alpha value is -2.88. The zero-order valence-electron chi connectivity index (χ0n) is 15.4. The number of aryl methyl sites for hydroxylation is 1. The molecule has 0 aliphatic carbocycles. The maximum Gasteiger partial charge on any atom is 0.257 e. The zero-order chi connectivity index (χ0) is 20.5. The minimum atomic E-state index is -0.308. The minimum Gasteiger partial charge on any atom is -0.332 e. The van der Waals surface area contributed by atoms with Crippen molar-refractivity contribution < 1.29 is 4.79 Å². The molecule has 0 saturated carbocycles. The molecule has 2 heterocycles. The first kappa shape index (κ1) is 19.4. The molecule has 0 aliphatic heterocycles. The van der Waals surface area contributed by atoms with Crippen molar-refractivity contribution in [3.8, 4) is 10.6 Å². The van der Waals surface area contributed by atoms with Crippen LogP contribution in [0.3, 0.4) is 0 Å². The smallest absolute Gasteiger partial charge is 0.257 e. The van der Waals surface area contributed by atoms with Crippen molar-refractivity contribution in [1.82, 2.24) is 25.1 Å². The van der Waals surface area contributed by atoms with Crippen LogP contribution in [0.4, 0.5) is 5.69 Å². The van der Waals surface area contributed by atoms with E-state index in [4.69, 9.17) is 23.8 Å². The van der Waals surface area contributed by atoms with Crippen molar-refractivity contribution in [2.45, 2.75) is 13.8 Å². The Balaban J connectivity index is 1.53. The van der Waals surface area contributed by atoms with E-state index in [9.17, 15) is 4.79 Å². The van der Waals surface area contributed by atoms with Crippen molar-refractivity contribution in [3.05, 3.63) is 64.4 Å². The number of aromatic nitrogens is 4. The zero-order valence-corrected chi connectivity index (χ0v) is 17.8. The molecular formula is C19H15ClN6OS2. The molecule has 0 fully saturated rings. The minimum absolute atomic E-state index is 0.208.